The summed E-state index contributed by atoms with van der Waals surface area (Å²) in [5.41, 5.74) is 0.739. The van der Waals surface area contributed by atoms with Crippen LogP contribution in [0.25, 0.3) is 0 Å². The van der Waals surface area contributed by atoms with Gasteiger partial charge >= 0.3 is 11.9 Å². The second-order valence-corrected chi connectivity index (χ2v) is 12.9. The summed E-state index contributed by atoms with van der Waals surface area (Å²) in [7, 11) is 0. The third kappa shape index (κ3) is 5.46. The Balaban J connectivity index is 1.16. The van der Waals surface area contributed by atoms with Gasteiger partial charge < -0.3 is 15.5 Å². The van der Waals surface area contributed by atoms with Crippen molar-refractivity contribution in [2.45, 2.75) is 48.0 Å². The molecule has 1 saturated heterocycles. The van der Waals surface area contributed by atoms with Gasteiger partial charge in [-0.3, -0.25) is 29.0 Å². The molecule has 0 radical (unpaired) electrons. The minimum atomic E-state index is -1.45. The molecule has 0 unspecified atom stereocenters. The van der Waals surface area contributed by atoms with Crippen LogP contribution in [0.2, 0.25) is 0 Å². The lowest BCUT2D eigenvalue weighted by Crippen LogP contribution is -2.70. The number of nitrogens with one attached hydrogen (secondary N) is 1. The van der Waals surface area contributed by atoms with E-state index in [9.17, 15) is 39.0 Å². The summed E-state index contributed by atoms with van der Waals surface area (Å²) in [6.45, 7) is 1.82. The van der Waals surface area contributed by atoms with E-state index in [0.717, 1.165) is 5.01 Å². The van der Waals surface area contributed by atoms with Crippen LogP contribution in [0.3, 0.4) is 0 Å². The second-order valence-electron chi connectivity index (χ2n) is 9.36. The highest BCUT2D eigenvalue weighted by Crippen LogP contribution is 2.42. The van der Waals surface area contributed by atoms with E-state index in [1.165, 1.54) is 51.9 Å². The number of fused-ring (bicyclic) bond motifs is 2. The molecule has 2 aromatic rings. The van der Waals surface area contributed by atoms with Crippen LogP contribution in [-0.2, 0) is 19.2 Å². The van der Waals surface area contributed by atoms with Crippen molar-refractivity contribution in [2.75, 3.05) is 11.5 Å². The van der Waals surface area contributed by atoms with Crippen molar-refractivity contribution in [3.63, 3.8) is 0 Å². The topological polar surface area (TPSA) is 187 Å². The molecule has 214 valence electrons. The summed E-state index contributed by atoms with van der Waals surface area (Å²) < 4.78 is 0.695. The predicted octanol–water partition coefficient (Wildman–Crippen LogP) is 1.60. The van der Waals surface area contributed by atoms with Crippen molar-refractivity contribution in [2.24, 2.45) is 0 Å². The molecule has 3 N–H and O–H groups in total. The van der Waals surface area contributed by atoms with Gasteiger partial charge in [0.2, 0.25) is 5.91 Å². The normalized spacial score (nSPS) is 20.5. The van der Waals surface area contributed by atoms with E-state index in [1.54, 1.807) is 12.1 Å². The molecule has 3 atom stereocenters. The van der Waals surface area contributed by atoms with E-state index in [1.807, 2.05) is 6.92 Å². The van der Waals surface area contributed by atoms with Crippen LogP contribution >= 0.6 is 34.9 Å². The van der Waals surface area contributed by atoms with Gasteiger partial charge in [-0.05, 0) is 37.5 Å². The standard InChI is InChI=1S/C25H23N5O8S3/c1-11-27-28-25(41-11)40-10-12-9-39-22-17(21(34)30(22)18(12)24(37)38)26-16(31)8-4-7-15(23(35)36)29-19(32)13-5-2-3-6-14(13)20(29)33/h2-3,5-6,15,17,22H,4,7-10H2,1H3,(H,26,31)(H,35,36)(H,37,38)/t15-,17-,22-/m1/s1. The molecule has 0 spiro atoms. The van der Waals surface area contributed by atoms with Crippen LogP contribution in [0.5, 0.6) is 0 Å². The van der Waals surface area contributed by atoms with Crippen molar-refractivity contribution in [3.8, 4) is 0 Å². The van der Waals surface area contributed by atoms with Crippen molar-refractivity contribution >= 4 is 70.4 Å². The number of hydrogen-bond donors (Lipinski definition) is 3. The number of rotatable bonds is 11. The number of aliphatic carboxylic acids is 2. The van der Waals surface area contributed by atoms with Gasteiger partial charge in [0, 0.05) is 17.9 Å². The van der Waals surface area contributed by atoms with Crippen LogP contribution in [0.15, 0.2) is 39.9 Å². The molecule has 0 aliphatic carbocycles. The molecule has 4 heterocycles. The third-order valence-corrected chi connectivity index (χ3v) is 10.1. The van der Waals surface area contributed by atoms with E-state index in [2.05, 4.69) is 15.5 Å². The zero-order valence-corrected chi connectivity index (χ0v) is 23.9. The highest BCUT2D eigenvalue weighted by molar-refractivity contribution is 8.01. The number of hydrogen-bond acceptors (Lipinski definition) is 11. The Bertz CT molecular complexity index is 1470. The van der Waals surface area contributed by atoms with E-state index < -0.39 is 53.0 Å². The number of carbonyl (C=O) groups is 6. The molecular weight excluding hydrogens is 595 g/mol. The zero-order valence-electron chi connectivity index (χ0n) is 21.4. The molecule has 3 aliphatic rings. The summed E-state index contributed by atoms with van der Waals surface area (Å²) in [5.74, 6) is -4.38. The number of thioether (sulfide) groups is 2. The highest BCUT2D eigenvalue weighted by atomic mass is 32.2. The van der Waals surface area contributed by atoms with Gasteiger partial charge in [-0.1, -0.05) is 35.2 Å². The number of carboxylic acids is 2. The van der Waals surface area contributed by atoms with Crippen molar-refractivity contribution in [1.29, 1.82) is 0 Å². The Labute approximate surface area is 245 Å². The zero-order chi connectivity index (χ0) is 29.4. The lowest BCUT2D eigenvalue weighted by atomic mass is 10.0. The fraction of sp³-hybridized carbons (Fsp3) is 0.360. The molecular formula is C25H23N5O8S3. The maximum Gasteiger partial charge on any atom is 0.352 e. The van der Waals surface area contributed by atoms with Gasteiger partial charge in [0.25, 0.3) is 17.7 Å². The first-order valence-corrected chi connectivity index (χ1v) is 15.3. The maximum absolute atomic E-state index is 12.9. The summed E-state index contributed by atoms with van der Waals surface area (Å²) in [5, 5.41) is 30.3. The van der Waals surface area contributed by atoms with E-state index in [0.29, 0.717) is 26.3 Å². The Morgan fingerprint density at radius 1 is 1.12 bits per heavy atom. The number of β-lactam (4-membered cyclic amide) rings is 1. The predicted molar refractivity (Wildman–Crippen MR) is 147 cm³/mol. The van der Waals surface area contributed by atoms with E-state index >= 15 is 0 Å². The van der Waals surface area contributed by atoms with Gasteiger partial charge in [-0.15, -0.1) is 22.0 Å². The average molecular weight is 618 g/mol. The number of imide groups is 1. The minimum Gasteiger partial charge on any atom is -0.480 e. The molecule has 0 saturated carbocycles. The molecule has 3 aliphatic heterocycles. The first kappa shape index (κ1) is 28.8. The van der Waals surface area contributed by atoms with Crippen molar-refractivity contribution in [3.05, 3.63) is 51.7 Å². The fourth-order valence-electron chi connectivity index (χ4n) is 4.84. The monoisotopic (exact) mass is 617 g/mol. The molecule has 4 amide bonds. The van der Waals surface area contributed by atoms with Crippen LogP contribution in [0, 0.1) is 6.92 Å². The van der Waals surface area contributed by atoms with Gasteiger partial charge in [0.05, 0.1) is 11.1 Å². The molecule has 16 heteroatoms. The largest absolute Gasteiger partial charge is 0.480 e. The second kappa shape index (κ2) is 11.6. The van der Waals surface area contributed by atoms with Crippen molar-refractivity contribution in [1.82, 2.24) is 25.3 Å². The van der Waals surface area contributed by atoms with Crippen LogP contribution in [-0.4, -0.2) is 94.7 Å². The smallest absolute Gasteiger partial charge is 0.352 e. The molecule has 1 fully saturated rings. The molecule has 5 rings (SSSR count). The van der Waals surface area contributed by atoms with Crippen LogP contribution in [0.1, 0.15) is 45.0 Å². The average Bonchev–Trinajstić information content (AvgIpc) is 3.47. The maximum atomic E-state index is 12.9. The summed E-state index contributed by atoms with van der Waals surface area (Å²) in [4.78, 5) is 76.8. The molecule has 13 nitrogen and oxygen atoms in total. The highest BCUT2D eigenvalue weighted by Gasteiger charge is 2.54. The Morgan fingerprint density at radius 2 is 1.80 bits per heavy atom. The Hall–Kier alpha value is -3.76. The Kier molecular flexibility index (Phi) is 8.15. The number of nitrogens with zero attached hydrogens (tertiary/aromatic N) is 4. The molecule has 41 heavy (non-hydrogen) atoms. The molecule has 1 aromatic carbocycles. The summed E-state index contributed by atoms with van der Waals surface area (Å²) in [6, 6.07) is 3.70. The number of aryl methyl sites for hydroxylation is 1. The van der Waals surface area contributed by atoms with Crippen LogP contribution in [0.4, 0.5) is 0 Å². The van der Waals surface area contributed by atoms with Crippen LogP contribution < -0.4 is 5.32 Å². The molecule has 0 bridgehead atoms. The number of aromatic nitrogens is 2. The lowest BCUT2D eigenvalue weighted by molar-refractivity contribution is -0.150. The number of amides is 4. The fourth-order valence-corrected chi connectivity index (χ4v) is 8.14. The number of carboxylic acid groups (broad SMARTS) is 2. The van der Waals surface area contributed by atoms with Gasteiger partial charge in [-0.25, -0.2) is 9.59 Å². The van der Waals surface area contributed by atoms with Gasteiger partial charge in [-0.2, -0.15) is 0 Å². The quantitative estimate of drug-likeness (QED) is 0.188. The Morgan fingerprint density at radius 3 is 2.39 bits per heavy atom. The summed E-state index contributed by atoms with van der Waals surface area (Å²) in [6.07, 6.45) is -0.275. The van der Waals surface area contributed by atoms with E-state index in [-0.39, 0.29) is 36.1 Å². The first-order chi connectivity index (χ1) is 19.6. The molecule has 1 aromatic heterocycles. The SMILES string of the molecule is Cc1nnc(SCC2=C(C(=O)O)N3C(=O)[C@@H](NC(=O)CCC[C@H](C(=O)O)N4C(=O)c5ccccc5C4=O)[C@H]3SC2)s1. The van der Waals surface area contributed by atoms with E-state index in [4.69, 9.17) is 0 Å². The third-order valence-electron chi connectivity index (χ3n) is 6.75. The number of carbonyl (C=O) groups excluding carboxylic acids is 4. The lowest BCUT2D eigenvalue weighted by Gasteiger charge is -2.49. The minimum absolute atomic E-state index is 0.0331. The van der Waals surface area contributed by atoms with Gasteiger partial charge in [0.1, 0.15) is 28.2 Å². The number of benzene rings is 1. The first-order valence-electron chi connectivity index (χ1n) is 12.4. The summed E-state index contributed by atoms with van der Waals surface area (Å²) >= 11 is 4.08. The van der Waals surface area contributed by atoms with Crippen molar-refractivity contribution < 1.29 is 39.0 Å². The van der Waals surface area contributed by atoms with Gasteiger partial charge in [0.15, 0.2) is 4.34 Å².